The van der Waals surface area contributed by atoms with Gasteiger partial charge in [-0.2, -0.15) is 0 Å². The van der Waals surface area contributed by atoms with Gasteiger partial charge in [0.15, 0.2) is 0 Å². The fourth-order valence-corrected chi connectivity index (χ4v) is 9.85. The van der Waals surface area contributed by atoms with Crippen molar-refractivity contribution in [2.75, 3.05) is 0 Å². The Morgan fingerprint density at radius 1 is 0.283 bits per heavy atom. The molecule has 0 saturated carbocycles. The van der Waals surface area contributed by atoms with E-state index in [1.165, 1.54) is 109 Å². The maximum atomic E-state index is 2.49. The molecule has 0 aromatic heterocycles. The molecule has 1 aliphatic carbocycles. The van der Waals surface area contributed by atoms with Crippen LogP contribution in [0.25, 0.3) is 98.4 Å². The summed E-state index contributed by atoms with van der Waals surface area (Å²) < 4.78 is 0. The summed E-state index contributed by atoms with van der Waals surface area (Å²) in [5.74, 6) is 0. The van der Waals surface area contributed by atoms with Crippen LogP contribution in [0, 0.1) is 0 Å². The first kappa shape index (κ1) is 30.2. The molecule has 0 N–H and O–H groups in total. The summed E-state index contributed by atoms with van der Waals surface area (Å²) in [6, 6.07) is 67.7. The molecule has 0 fully saturated rings. The van der Waals surface area contributed by atoms with E-state index in [9.17, 15) is 0 Å². The van der Waals surface area contributed by atoms with Crippen molar-refractivity contribution in [3.05, 3.63) is 193 Å². The third kappa shape index (κ3) is 4.24. The second-order valence-electron chi connectivity index (χ2n) is 15.1. The molecule has 53 heavy (non-hydrogen) atoms. The molecule has 1 aliphatic rings. The van der Waals surface area contributed by atoms with Crippen LogP contribution in [0.3, 0.4) is 0 Å². The van der Waals surface area contributed by atoms with E-state index in [0.717, 1.165) is 0 Å². The molecule has 0 amide bonds. The fraction of sp³-hybridized carbons (Fsp3) is 0.0566. The van der Waals surface area contributed by atoms with Gasteiger partial charge in [0, 0.05) is 5.41 Å². The van der Waals surface area contributed by atoms with Crippen LogP contribution in [0.2, 0.25) is 0 Å². The summed E-state index contributed by atoms with van der Waals surface area (Å²) in [5, 5.41) is 13.0. The Labute approximate surface area is 309 Å². The highest BCUT2D eigenvalue weighted by Gasteiger charge is 2.39. The van der Waals surface area contributed by atoms with E-state index in [4.69, 9.17) is 0 Å². The molecule has 0 aliphatic heterocycles. The molecule has 0 spiro atoms. The minimum atomic E-state index is -0.164. The first-order valence-corrected chi connectivity index (χ1v) is 18.7. The maximum absolute atomic E-state index is 2.49. The van der Waals surface area contributed by atoms with Gasteiger partial charge in [-0.05, 0) is 116 Å². The van der Waals surface area contributed by atoms with Gasteiger partial charge in [-0.25, -0.2) is 0 Å². The number of benzene rings is 10. The predicted molar refractivity (Wildman–Crippen MR) is 228 cm³/mol. The van der Waals surface area contributed by atoms with Gasteiger partial charge in [0.2, 0.25) is 0 Å². The molecule has 11 rings (SSSR count). The Hall–Kier alpha value is -6.50. The van der Waals surface area contributed by atoms with Gasteiger partial charge < -0.3 is 0 Å². The van der Waals surface area contributed by atoms with Crippen molar-refractivity contribution in [2.24, 2.45) is 0 Å². The van der Waals surface area contributed by atoms with Gasteiger partial charge in [0.25, 0.3) is 0 Å². The zero-order chi connectivity index (χ0) is 35.3. The monoisotopic (exact) mass is 672 g/mol. The van der Waals surface area contributed by atoms with Crippen LogP contribution >= 0.6 is 0 Å². The average molecular weight is 673 g/mol. The molecule has 0 heterocycles. The van der Waals surface area contributed by atoms with Crippen molar-refractivity contribution in [2.45, 2.75) is 19.3 Å². The lowest BCUT2D eigenvalue weighted by atomic mass is 9.77. The SMILES string of the molecule is CC1(C)c2c(ccc3ccccc23)-c2c1c1ccc(-c3c4ccccc4c(-c4ccccc4-c4ccccc4)c4ccccc34)cc1c1ccccc21. The average Bonchev–Trinajstić information content (AvgIpc) is 3.47. The molecule has 248 valence electrons. The minimum absolute atomic E-state index is 0.164. The van der Waals surface area contributed by atoms with E-state index in [1.54, 1.807) is 0 Å². The molecule has 0 unspecified atom stereocenters. The van der Waals surface area contributed by atoms with Crippen LogP contribution in [0.5, 0.6) is 0 Å². The molecule has 10 aromatic rings. The second-order valence-corrected chi connectivity index (χ2v) is 15.1. The third-order valence-electron chi connectivity index (χ3n) is 12.0. The van der Waals surface area contributed by atoms with Crippen molar-refractivity contribution in [3.8, 4) is 44.5 Å². The number of hydrogen-bond donors (Lipinski definition) is 0. The van der Waals surface area contributed by atoms with E-state index < -0.39 is 0 Å². The zero-order valence-electron chi connectivity index (χ0n) is 29.8. The van der Waals surface area contributed by atoms with Crippen LogP contribution in [-0.4, -0.2) is 0 Å². The van der Waals surface area contributed by atoms with Crippen LogP contribution in [-0.2, 0) is 5.41 Å². The van der Waals surface area contributed by atoms with Crippen molar-refractivity contribution in [3.63, 3.8) is 0 Å². The maximum Gasteiger partial charge on any atom is 0.0171 e. The Morgan fingerprint density at radius 3 is 1.49 bits per heavy atom. The molecule has 0 nitrogen and oxygen atoms in total. The smallest absolute Gasteiger partial charge is 0.0171 e. The molecule has 0 bridgehead atoms. The minimum Gasteiger partial charge on any atom is -0.0622 e. The van der Waals surface area contributed by atoms with Gasteiger partial charge in [0.05, 0.1) is 0 Å². The Balaban J connectivity index is 1.22. The summed E-state index contributed by atoms with van der Waals surface area (Å²) in [5.41, 5.74) is 13.0. The Kier molecular flexibility index (Phi) is 6.40. The summed E-state index contributed by atoms with van der Waals surface area (Å²) in [6.45, 7) is 4.86. The highest BCUT2D eigenvalue weighted by atomic mass is 14.4. The van der Waals surface area contributed by atoms with Crippen molar-refractivity contribution in [1.29, 1.82) is 0 Å². The normalized spacial score (nSPS) is 13.2. The topological polar surface area (TPSA) is 0 Å². The van der Waals surface area contributed by atoms with Crippen LogP contribution in [0.1, 0.15) is 25.0 Å². The largest absolute Gasteiger partial charge is 0.0622 e. The van der Waals surface area contributed by atoms with Gasteiger partial charge in [-0.1, -0.05) is 190 Å². The lowest BCUT2D eigenvalue weighted by Crippen LogP contribution is -2.16. The quantitative estimate of drug-likeness (QED) is 0.129. The van der Waals surface area contributed by atoms with Crippen LogP contribution < -0.4 is 0 Å². The summed E-state index contributed by atoms with van der Waals surface area (Å²) in [4.78, 5) is 0. The van der Waals surface area contributed by atoms with Gasteiger partial charge in [0.1, 0.15) is 0 Å². The molecule has 0 radical (unpaired) electrons. The molecule has 0 saturated heterocycles. The first-order valence-electron chi connectivity index (χ1n) is 18.7. The highest BCUT2D eigenvalue weighted by Crippen LogP contribution is 2.57. The second kappa shape index (κ2) is 11.2. The van der Waals surface area contributed by atoms with Crippen molar-refractivity contribution < 1.29 is 0 Å². The van der Waals surface area contributed by atoms with Crippen molar-refractivity contribution >= 4 is 53.9 Å². The van der Waals surface area contributed by atoms with Gasteiger partial charge in [-0.3, -0.25) is 0 Å². The number of rotatable bonds is 3. The van der Waals surface area contributed by atoms with E-state index in [2.05, 4.69) is 196 Å². The standard InChI is InChI=1S/C53H36/c1-53(2)51-37-20-7-6-18-34(37)28-31-46(51)50-40-23-11-9-21-38(40)47-32-35(29-30-45(47)52(50)53)48-41-24-12-14-26-43(41)49(44-27-15-13-25-42(44)48)39-22-10-8-19-36(39)33-16-4-3-5-17-33/h3-32H,1-2H3. The van der Waals surface area contributed by atoms with Crippen molar-refractivity contribution in [1.82, 2.24) is 0 Å². The van der Waals surface area contributed by atoms with E-state index >= 15 is 0 Å². The predicted octanol–water partition coefficient (Wildman–Crippen LogP) is 14.8. The van der Waals surface area contributed by atoms with Gasteiger partial charge in [-0.15, -0.1) is 0 Å². The molecule has 0 heteroatoms. The number of hydrogen-bond acceptors (Lipinski definition) is 0. The molecule has 0 atom stereocenters. The van der Waals surface area contributed by atoms with Crippen LogP contribution in [0.4, 0.5) is 0 Å². The number of fused-ring (bicyclic) bond motifs is 12. The van der Waals surface area contributed by atoms with Crippen LogP contribution in [0.15, 0.2) is 182 Å². The molecular formula is C53H36. The Morgan fingerprint density at radius 2 is 0.811 bits per heavy atom. The fourth-order valence-electron chi connectivity index (χ4n) is 9.85. The summed E-state index contributed by atoms with van der Waals surface area (Å²) >= 11 is 0. The molecule has 10 aromatic carbocycles. The van der Waals surface area contributed by atoms with Gasteiger partial charge >= 0.3 is 0 Å². The third-order valence-corrected chi connectivity index (χ3v) is 12.0. The highest BCUT2D eigenvalue weighted by molar-refractivity contribution is 6.24. The Bertz CT molecular complexity index is 3070. The van der Waals surface area contributed by atoms with E-state index in [0.29, 0.717) is 0 Å². The zero-order valence-corrected chi connectivity index (χ0v) is 29.8. The van der Waals surface area contributed by atoms with E-state index in [-0.39, 0.29) is 5.41 Å². The molecular weight excluding hydrogens is 637 g/mol. The first-order chi connectivity index (χ1) is 26.1. The lowest BCUT2D eigenvalue weighted by Gasteiger charge is -2.25. The summed E-state index contributed by atoms with van der Waals surface area (Å²) in [6.07, 6.45) is 0. The van der Waals surface area contributed by atoms with E-state index in [1.807, 2.05) is 0 Å². The summed E-state index contributed by atoms with van der Waals surface area (Å²) in [7, 11) is 0. The lowest BCUT2D eigenvalue weighted by molar-refractivity contribution is 0.672.